The molecule has 0 spiro atoms. The number of thiophene rings is 1. The molecule has 1 aliphatic heterocycles. The zero-order chi connectivity index (χ0) is 14.5. The minimum absolute atomic E-state index is 0.0653. The quantitative estimate of drug-likeness (QED) is 0.872. The lowest BCUT2D eigenvalue weighted by atomic mass is 10.2. The molecule has 0 saturated carbocycles. The lowest BCUT2D eigenvalue weighted by Crippen LogP contribution is -2.32. The first-order chi connectivity index (χ1) is 9.58. The maximum Gasteiger partial charge on any atom is 0.328 e. The number of aryl methyl sites for hydroxylation is 1. The van der Waals surface area contributed by atoms with Crippen molar-refractivity contribution in [3.8, 4) is 0 Å². The van der Waals surface area contributed by atoms with Crippen molar-refractivity contribution in [2.75, 3.05) is 24.6 Å². The molecule has 108 valence electrons. The summed E-state index contributed by atoms with van der Waals surface area (Å²) in [4.78, 5) is 26.4. The second kappa shape index (κ2) is 6.95. The van der Waals surface area contributed by atoms with Gasteiger partial charge < -0.3 is 10.0 Å². The first-order valence-corrected chi connectivity index (χ1v) is 8.43. The topological polar surface area (TPSA) is 57.6 Å². The third-order valence-corrected chi connectivity index (χ3v) is 5.29. The van der Waals surface area contributed by atoms with Gasteiger partial charge in [0.15, 0.2) is 0 Å². The molecule has 2 heterocycles. The highest BCUT2D eigenvalue weighted by Gasteiger charge is 2.19. The average Bonchev–Trinajstić information content (AvgIpc) is 2.64. The SMILES string of the molecule is Cc1cc(C(=O)N2CCCSCC2)sc1/C=C/C(=O)O. The van der Waals surface area contributed by atoms with Crippen molar-refractivity contribution in [3.05, 3.63) is 27.5 Å². The second-order valence-corrected chi connectivity index (χ2v) is 6.90. The lowest BCUT2D eigenvalue weighted by Gasteiger charge is -2.18. The summed E-state index contributed by atoms with van der Waals surface area (Å²) in [5.74, 6) is 1.19. The minimum atomic E-state index is -0.977. The third kappa shape index (κ3) is 3.86. The molecule has 0 aromatic carbocycles. The van der Waals surface area contributed by atoms with Crippen LogP contribution in [-0.4, -0.2) is 46.5 Å². The first-order valence-electron chi connectivity index (χ1n) is 6.46. The van der Waals surface area contributed by atoms with Gasteiger partial charge in [-0.15, -0.1) is 11.3 Å². The zero-order valence-corrected chi connectivity index (χ0v) is 12.9. The lowest BCUT2D eigenvalue weighted by molar-refractivity contribution is -0.131. The Morgan fingerprint density at radius 1 is 1.35 bits per heavy atom. The Hall–Kier alpha value is -1.27. The van der Waals surface area contributed by atoms with E-state index in [4.69, 9.17) is 5.11 Å². The van der Waals surface area contributed by atoms with Crippen molar-refractivity contribution < 1.29 is 14.7 Å². The van der Waals surface area contributed by atoms with Crippen LogP contribution in [0.4, 0.5) is 0 Å². The highest BCUT2D eigenvalue weighted by atomic mass is 32.2. The van der Waals surface area contributed by atoms with Crippen LogP contribution in [0, 0.1) is 6.92 Å². The van der Waals surface area contributed by atoms with Crippen molar-refractivity contribution in [1.29, 1.82) is 0 Å². The third-order valence-electron chi connectivity index (χ3n) is 3.05. The van der Waals surface area contributed by atoms with Crippen LogP contribution in [0.15, 0.2) is 12.1 Å². The van der Waals surface area contributed by atoms with E-state index in [-0.39, 0.29) is 5.91 Å². The summed E-state index contributed by atoms with van der Waals surface area (Å²) in [6.45, 7) is 3.50. The molecule has 4 nitrogen and oxygen atoms in total. The molecule has 1 fully saturated rings. The molecule has 0 atom stereocenters. The molecule has 0 aliphatic carbocycles. The van der Waals surface area contributed by atoms with E-state index in [1.807, 2.05) is 29.7 Å². The van der Waals surface area contributed by atoms with Crippen LogP contribution < -0.4 is 0 Å². The van der Waals surface area contributed by atoms with E-state index in [0.717, 1.165) is 47.5 Å². The fraction of sp³-hybridized carbons (Fsp3) is 0.429. The summed E-state index contributed by atoms with van der Waals surface area (Å²) in [6.07, 6.45) is 3.69. The Labute approximate surface area is 126 Å². The van der Waals surface area contributed by atoms with Crippen molar-refractivity contribution in [2.24, 2.45) is 0 Å². The van der Waals surface area contributed by atoms with Crippen LogP contribution in [-0.2, 0) is 4.79 Å². The molecule has 0 bridgehead atoms. The van der Waals surface area contributed by atoms with Crippen LogP contribution in [0.3, 0.4) is 0 Å². The summed E-state index contributed by atoms with van der Waals surface area (Å²) >= 11 is 3.25. The van der Waals surface area contributed by atoms with Crippen LogP contribution in [0.2, 0.25) is 0 Å². The molecule has 0 unspecified atom stereocenters. The molecule has 1 aromatic rings. The van der Waals surface area contributed by atoms with Gasteiger partial charge in [-0.05, 0) is 36.8 Å². The van der Waals surface area contributed by atoms with Gasteiger partial charge in [-0.3, -0.25) is 4.79 Å². The van der Waals surface area contributed by atoms with E-state index in [2.05, 4.69) is 0 Å². The number of hydrogen-bond donors (Lipinski definition) is 1. The molecule has 0 radical (unpaired) electrons. The molecular weight excluding hydrogens is 294 g/mol. The summed E-state index contributed by atoms with van der Waals surface area (Å²) in [5.41, 5.74) is 0.944. The van der Waals surface area contributed by atoms with E-state index in [0.29, 0.717) is 4.88 Å². The van der Waals surface area contributed by atoms with Gasteiger partial charge in [-0.25, -0.2) is 4.79 Å². The number of aliphatic carboxylic acids is 1. The van der Waals surface area contributed by atoms with E-state index >= 15 is 0 Å². The van der Waals surface area contributed by atoms with E-state index in [1.165, 1.54) is 11.3 Å². The smallest absolute Gasteiger partial charge is 0.328 e. The molecule has 1 N–H and O–H groups in total. The average molecular weight is 311 g/mol. The number of carboxylic acids is 1. The van der Waals surface area contributed by atoms with Crippen molar-refractivity contribution >= 4 is 41.1 Å². The maximum atomic E-state index is 12.4. The Balaban J connectivity index is 2.14. The van der Waals surface area contributed by atoms with Crippen molar-refractivity contribution in [3.63, 3.8) is 0 Å². The number of hydrogen-bond acceptors (Lipinski definition) is 4. The molecule has 1 aromatic heterocycles. The molecule has 20 heavy (non-hydrogen) atoms. The second-order valence-electron chi connectivity index (χ2n) is 4.59. The van der Waals surface area contributed by atoms with Crippen LogP contribution in [0.25, 0.3) is 6.08 Å². The maximum absolute atomic E-state index is 12.4. The number of rotatable bonds is 3. The molecule has 1 saturated heterocycles. The Bertz CT molecular complexity index is 529. The molecule has 2 rings (SSSR count). The van der Waals surface area contributed by atoms with Gasteiger partial charge in [0.05, 0.1) is 4.88 Å². The van der Waals surface area contributed by atoms with Crippen LogP contribution in [0.1, 0.15) is 26.5 Å². The number of carboxylic acid groups (broad SMARTS) is 1. The number of carbonyl (C=O) groups is 2. The van der Waals surface area contributed by atoms with Gasteiger partial charge >= 0.3 is 5.97 Å². The highest BCUT2D eigenvalue weighted by Crippen LogP contribution is 2.25. The van der Waals surface area contributed by atoms with Crippen LogP contribution >= 0.6 is 23.1 Å². The zero-order valence-electron chi connectivity index (χ0n) is 11.3. The number of carbonyl (C=O) groups excluding carboxylic acids is 1. The normalized spacial score (nSPS) is 16.4. The summed E-state index contributed by atoms with van der Waals surface area (Å²) < 4.78 is 0. The number of thioether (sulfide) groups is 1. The Morgan fingerprint density at radius 3 is 2.90 bits per heavy atom. The van der Waals surface area contributed by atoms with E-state index in [9.17, 15) is 9.59 Å². The predicted octanol–water partition coefficient (Wildman–Crippen LogP) is 2.73. The monoisotopic (exact) mass is 311 g/mol. The summed E-state index contributed by atoms with van der Waals surface area (Å²) in [7, 11) is 0. The highest BCUT2D eigenvalue weighted by molar-refractivity contribution is 7.99. The predicted molar refractivity (Wildman–Crippen MR) is 83.6 cm³/mol. The van der Waals surface area contributed by atoms with Gasteiger partial charge in [0.25, 0.3) is 5.91 Å². The van der Waals surface area contributed by atoms with Gasteiger partial charge in [0, 0.05) is 29.8 Å². The van der Waals surface area contributed by atoms with Crippen molar-refractivity contribution in [2.45, 2.75) is 13.3 Å². The van der Waals surface area contributed by atoms with E-state index in [1.54, 1.807) is 6.08 Å². The first kappa shape index (κ1) is 15.1. The van der Waals surface area contributed by atoms with Gasteiger partial charge in [0.2, 0.25) is 0 Å². The Morgan fingerprint density at radius 2 is 2.15 bits per heavy atom. The van der Waals surface area contributed by atoms with Crippen molar-refractivity contribution in [1.82, 2.24) is 4.90 Å². The number of nitrogens with zero attached hydrogens (tertiary/aromatic N) is 1. The molecule has 1 aliphatic rings. The summed E-state index contributed by atoms with van der Waals surface area (Å²) in [6, 6.07) is 1.85. The van der Waals surface area contributed by atoms with Gasteiger partial charge in [-0.2, -0.15) is 11.8 Å². The fourth-order valence-corrected chi connectivity index (χ4v) is 3.95. The standard InChI is InChI=1S/C14H17NO3S2/c1-10-9-12(20-11(10)3-4-13(16)17)14(18)15-5-2-7-19-8-6-15/h3-4,9H,2,5-8H2,1H3,(H,16,17)/b4-3+. The fourth-order valence-electron chi connectivity index (χ4n) is 2.02. The largest absolute Gasteiger partial charge is 0.478 e. The van der Waals surface area contributed by atoms with Gasteiger partial charge in [-0.1, -0.05) is 0 Å². The molecule has 1 amide bonds. The number of amides is 1. The Kier molecular flexibility index (Phi) is 5.25. The van der Waals surface area contributed by atoms with Crippen LogP contribution in [0.5, 0.6) is 0 Å². The minimum Gasteiger partial charge on any atom is -0.478 e. The molecule has 6 heteroatoms. The van der Waals surface area contributed by atoms with Gasteiger partial charge in [0.1, 0.15) is 0 Å². The summed E-state index contributed by atoms with van der Waals surface area (Å²) in [5, 5.41) is 8.66. The van der Waals surface area contributed by atoms with E-state index < -0.39 is 5.97 Å². The molecular formula is C14H17NO3S2.